The Kier molecular flexibility index (Phi) is 16.4. The molecule has 0 atom stereocenters. The Morgan fingerprint density at radius 2 is 0.867 bits per heavy atom. The normalized spacial score (nSPS) is 10.8. The maximum Gasteiger partial charge on any atom is 0.00313 e. The van der Waals surface area contributed by atoms with E-state index in [-0.39, 0.29) is 0 Å². The molecular weight excluding hydrogens is 363 g/mol. The zero-order valence-electron chi connectivity index (χ0n) is 9.95. The number of alkyl halides is 2. The van der Waals surface area contributed by atoms with Crippen molar-refractivity contribution in [1.29, 1.82) is 0 Å². The Hall–Kier alpha value is 1.21. The van der Waals surface area contributed by atoms with E-state index in [1.54, 1.807) is 0 Å². The van der Waals surface area contributed by atoms with E-state index in [9.17, 15) is 0 Å². The van der Waals surface area contributed by atoms with Crippen LogP contribution < -0.4 is 0 Å². The van der Waals surface area contributed by atoms with Crippen LogP contribution in [0.5, 0.6) is 0 Å². The van der Waals surface area contributed by atoms with Gasteiger partial charge in [0.1, 0.15) is 0 Å². The summed E-state index contributed by atoms with van der Waals surface area (Å²) in [6, 6.07) is 0. The van der Waals surface area contributed by atoms with Gasteiger partial charge in [-0.15, -0.1) is 0 Å². The van der Waals surface area contributed by atoms with E-state index in [1.807, 2.05) is 0 Å². The van der Waals surface area contributed by atoms with Crippen molar-refractivity contribution < 1.29 is 0 Å². The summed E-state index contributed by atoms with van der Waals surface area (Å²) < 4.78 is 1.34. The summed E-state index contributed by atoms with van der Waals surface area (Å²) in [4.78, 5) is 0. The van der Waals surface area contributed by atoms with Gasteiger partial charge in [-0.3, -0.25) is 0 Å². The van der Waals surface area contributed by atoms with Crippen molar-refractivity contribution in [2.24, 2.45) is 0 Å². The molecule has 0 aromatic rings. The number of rotatable bonds is 12. The number of hydrogen-bond donors (Lipinski definition) is 0. The minimum atomic E-state index is 1.18. The second kappa shape index (κ2) is 15.2. The molecule has 2 heteroatoms. The molecule has 0 aliphatic rings. The molecular formula is C13H26BrI. The van der Waals surface area contributed by atoms with E-state index < -0.39 is 0 Å². The van der Waals surface area contributed by atoms with Crippen LogP contribution in [0.3, 0.4) is 0 Å². The van der Waals surface area contributed by atoms with Gasteiger partial charge in [0.2, 0.25) is 0 Å². The fourth-order valence-electron chi connectivity index (χ4n) is 1.78. The molecule has 0 aliphatic heterocycles. The van der Waals surface area contributed by atoms with Gasteiger partial charge in [-0.2, -0.15) is 0 Å². The van der Waals surface area contributed by atoms with Crippen molar-refractivity contribution in [3.05, 3.63) is 0 Å². The Balaban J connectivity index is 2.81. The summed E-state index contributed by atoms with van der Waals surface area (Å²) in [6.07, 6.45) is 15.9. The van der Waals surface area contributed by atoms with Crippen LogP contribution in [0.2, 0.25) is 0 Å². The van der Waals surface area contributed by atoms with Gasteiger partial charge < -0.3 is 0 Å². The molecule has 0 saturated carbocycles. The zero-order chi connectivity index (χ0) is 11.2. The largest absolute Gasteiger partial charge is 0.0928 e. The molecule has 15 heavy (non-hydrogen) atoms. The van der Waals surface area contributed by atoms with Gasteiger partial charge in [-0.1, -0.05) is 96.3 Å². The minimum Gasteiger partial charge on any atom is -0.0928 e. The fraction of sp³-hybridized carbons (Fsp3) is 1.00. The van der Waals surface area contributed by atoms with Gasteiger partial charge >= 0.3 is 0 Å². The quantitative estimate of drug-likeness (QED) is 0.215. The van der Waals surface area contributed by atoms with E-state index in [1.165, 1.54) is 80.4 Å². The van der Waals surface area contributed by atoms with Crippen LogP contribution in [-0.2, 0) is 0 Å². The maximum atomic E-state index is 3.47. The van der Waals surface area contributed by atoms with Crippen molar-refractivity contribution >= 4 is 38.5 Å². The van der Waals surface area contributed by atoms with Crippen molar-refractivity contribution in [3.8, 4) is 0 Å². The lowest BCUT2D eigenvalue weighted by atomic mass is 10.1. The maximum absolute atomic E-state index is 3.47. The van der Waals surface area contributed by atoms with Crippen molar-refractivity contribution in [2.75, 3.05) is 9.76 Å². The Morgan fingerprint density at radius 3 is 1.20 bits per heavy atom. The van der Waals surface area contributed by atoms with Crippen molar-refractivity contribution in [1.82, 2.24) is 0 Å². The average Bonchev–Trinajstić information content (AvgIpc) is 2.26. The first kappa shape index (κ1) is 16.2. The fourth-order valence-corrected chi connectivity index (χ4v) is 2.72. The third kappa shape index (κ3) is 15.2. The van der Waals surface area contributed by atoms with Crippen molar-refractivity contribution in [3.63, 3.8) is 0 Å². The van der Waals surface area contributed by atoms with Gasteiger partial charge in [0.25, 0.3) is 0 Å². The molecule has 0 fully saturated rings. The summed E-state index contributed by atoms with van der Waals surface area (Å²) in [5, 5.41) is 1.18. The second-order valence-electron chi connectivity index (χ2n) is 4.27. The zero-order valence-corrected chi connectivity index (χ0v) is 13.7. The Morgan fingerprint density at radius 1 is 0.533 bits per heavy atom. The topological polar surface area (TPSA) is 0 Å². The smallest absolute Gasteiger partial charge is 0.00313 e. The first-order valence-electron chi connectivity index (χ1n) is 6.53. The summed E-state index contributed by atoms with van der Waals surface area (Å²) in [5.74, 6) is 0. The molecule has 0 heterocycles. The van der Waals surface area contributed by atoms with Gasteiger partial charge in [0.05, 0.1) is 0 Å². The molecule has 0 aromatic heterocycles. The lowest BCUT2D eigenvalue weighted by Gasteiger charge is -2.01. The molecule has 0 radical (unpaired) electrons. The molecule has 0 spiro atoms. The highest BCUT2D eigenvalue weighted by atomic mass is 127. The number of unbranched alkanes of at least 4 members (excludes halogenated alkanes) is 10. The van der Waals surface area contributed by atoms with Crippen LogP contribution in [0.25, 0.3) is 0 Å². The van der Waals surface area contributed by atoms with Crippen LogP contribution in [0.15, 0.2) is 0 Å². The summed E-state index contributed by atoms with van der Waals surface area (Å²) in [6.45, 7) is 0. The SMILES string of the molecule is BrCCCCCCCCCCCCCI. The standard InChI is InChI=1S/C13H26BrI/c14-12-10-8-6-4-2-1-3-5-7-9-11-13-15/h1-13H2. The van der Waals surface area contributed by atoms with Crippen LogP contribution in [-0.4, -0.2) is 9.76 Å². The summed E-state index contributed by atoms with van der Waals surface area (Å²) >= 11 is 5.95. The third-order valence-electron chi connectivity index (χ3n) is 2.77. The Labute approximate surface area is 118 Å². The van der Waals surface area contributed by atoms with Gasteiger partial charge in [0, 0.05) is 5.33 Å². The van der Waals surface area contributed by atoms with Gasteiger partial charge in [-0.05, 0) is 17.3 Å². The van der Waals surface area contributed by atoms with E-state index in [4.69, 9.17) is 0 Å². The number of hydrogen-bond acceptors (Lipinski definition) is 0. The predicted octanol–water partition coefficient (Wildman–Crippen LogP) is 6.11. The number of halogens is 2. The monoisotopic (exact) mass is 388 g/mol. The van der Waals surface area contributed by atoms with Crippen LogP contribution >= 0.6 is 38.5 Å². The molecule has 0 N–H and O–H groups in total. The molecule has 0 amide bonds. The van der Waals surface area contributed by atoms with Gasteiger partial charge in [-0.25, -0.2) is 0 Å². The molecule has 0 bridgehead atoms. The van der Waals surface area contributed by atoms with Crippen LogP contribution in [0.4, 0.5) is 0 Å². The van der Waals surface area contributed by atoms with E-state index >= 15 is 0 Å². The third-order valence-corrected chi connectivity index (χ3v) is 4.09. The van der Waals surface area contributed by atoms with Crippen LogP contribution in [0, 0.1) is 0 Å². The molecule has 0 saturated heterocycles. The molecule has 92 valence electrons. The highest BCUT2D eigenvalue weighted by Gasteiger charge is 1.92. The van der Waals surface area contributed by atoms with E-state index in [0.29, 0.717) is 0 Å². The molecule has 0 aromatic carbocycles. The molecule has 0 nitrogen and oxygen atoms in total. The first-order chi connectivity index (χ1) is 7.41. The predicted molar refractivity (Wildman–Crippen MR) is 83.5 cm³/mol. The summed E-state index contributed by atoms with van der Waals surface area (Å²) in [7, 11) is 0. The minimum absolute atomic E-state index is 1.18. The van der Waals surface area contributed by atoms with Crippen LogP contribution in [0.1, 0.15) is 70.6 Å². The highest BCUT2D eigenvalue weighted by Crippen LogP contribution is 2.11. The van der Waals surface area contributed by atoms with Crippen molar-refractivity contribution in [2.45, 2.75) is 70.6 Å². The second-order valence-corrected chi connectivity index (χ2v) is 6.14. The average molecular weight is 389 g/mol. The highest BCUT2D eigenvalue weighted by molar-refractivity contribution is 14.1. The van der Waals surface area contributed by atoms with E-state index in [0.717, 1.165) is 0 Å². The lowest BCUT2D eigenvalue weighted by Crippen LogP contribution is -1.83. The van der Waals surface area contributed by atoms with E-state index in [2.05, 4.69) is 38.5 Å². The first-order valence-corrected chi connectivity index (χ1v) is 9.18. The summed E-state index contributed by atoms with van der Waals surface area (Å²) in [5.41, 5.74) is 0. The Bertz CT molecular complexity index is 94.7. The molecule has 0 unspecified atom stereocenters. The molecule has 0 rings (SSSR count). The molecule has 0 aliphatic carbocycles. The lowest BCUT2D eigenvalue weighted by molar-refractivity contribution is 0.556. The van der Waals surface area contributed by atoms with Gasteiger partial charge in [0.15, 0.2) is 0 Å².